The highest BCUT2D eigenvalue weighted by Gasteiger charge is 2.15. The zero-order valence-electron chi connectivity index (χ0n) is 11.1. The predicted octanol–water partition coefficient (Wildman–Crippen LogP) is 1.43. The number of amides is 1. The quantitative estimate of drug-likeness (QED) is 0.807. The SMILES string of the molecule is COc1cc(N)cc(C(=O)NCC2CCOCC2)c1. The molecule has 104 valence electrons. The maximum Gasteiger partial charge on any atom is 0.251 e. The molecule has 5 heteroatoms. The standard InChI is InChI=1S/C14H20N2O3/c1-18-13-7-11(6-12(15)8-13)14(17)16-9-10-2-4-19-5-3-10/h6-8,10H,2-5,9,15H2,1H3,(H,16,17). The summed E-state index contributed by atoms with van der Waals surface area (Å²) in [6.45, 7) is 2.25. The smallest absolute Gasteiger partial charge is 0.251 e. The molecule has 0 unspecified atom stereocenters. The maximum absolute atomic E-state index is 12.1. The topological polar surface area (TPSA) is 73.6 Å². The van der Waals surface area contributed by atoms with Crippen LogP contribution in [0.15, 0.2) is 18.2 Å². The molecule has 1 fully saturated rings. The average molecular weight is 264 g/mol. The molecule has 0 bridgehead atoms. The van der Waals surface area contributed by atoms with Crippen molar-refractivity contribution in [2.24, 2.45) is 5.92 Å². The summed E-state index contributed by atoms with van der Waals surface area (Å²) in [6, 6.07) is 5.03. The lowest BCUT2D eigenvalue weighted by Gasteiger charge is -2.22. The molecule has 3 N–H and O–H groups in total. The van der Waals surface area contributed by atoms with E-state index in [0.717, 1.165) is 26.1 Å². The number of nitrogen functional groups attached to an aromatic ring is 1. The largest absolute Gasteiger partial charge is 0.497 e. The highest BCUT2D eigenvalue weighted by molar-refractivity contribution is 5.95. The van der Waals surface area contributed by atoms with E-state index in [2.05, 4.69) is 5.32 Å². The monoisotopic (exact) mass is 264 g/mol. The van der Waals surface area contributed by atoms with Crippen molar-refractivity contribution in [3.63, 3.8) is 0 Å². The third kappa shape index (κ3) is 3.86. The Balaban J connectivity index is 1.93. The number of hydrogen-bond acceptors (Lipinski definition) is 4. The van der Waals surface area contributed by atoms with E-state index in [1.807, 2.05) is 0 Å². The van der Waals surface area contributed by atoms with E-state index in [4.69, 9.17) is 15.2 Å². The predicted molar refractivity (Wildman–Crippen MR) is 73.3 cm³/mol. The summed E-state index contributed by atoms with van der Waals surface area (Å²) in [5.41, 5.74) is 6.79. The molecule has 0 aliphatic carbocycles. The van der Waals surface area contributed by atoms with Crippen LogP contribution in [0.25, 0.3) is 0 Å². The Kier molecular flexibility index (Phi) is 4.63. The first-order valence-electron chi connectivity index (χ1n) is 6.49. The molecule has 1 heterocycles. The Labute approximate surface area is 113 Å². The van der Waals surface area contributed by atoms with Crippen LogP contribution >= 0.6 is 0 Å². The minimum absolute atomic E-state index is 0.114. The fourth-order valence-corrected chi connectivity index (χ4v) is 2.16. The number of carbonyl (C=O) groups excluding carboxylic acids is 1. The van der Waals surface area contributed by atoms with Gasteiger partial charge in [-0.3, -0.25) is 4.79 Å². The van der Waals surface area contributed by atoms with Gasteiger partial charge in [-0.1, -0.05) is 0 Å². The number of rotatable bonds is 4. The van der Waals surface area contributed by atoms with Crippen molar-refractivity contribution in [1.29, 1.82) is 0 Å². The van der Waals surface area contributed by atoms with Crippen molar-refractivity contribution in [3.8, 4) is 5.75 Å². The van der Waals surface area contributed by atoms with Crippen molar-refractivity contribution < 1.29 is 14.3 Å². The van der Waals surface area contributed by atoms with Gasteiger partial charge in [0.05, 0.1) is 7.11 Å². The summed E-state index contributed by atoms with van der Waals surface area (Å²) in [6.07, 6.45) is 2.00. The van der Waals surface area contributed by atoms with Crippen LogP contribution in [0.2, 0.25) is 0 Å². The van der Waals surface area contributed by atoms with Gasteiger partial charge in [0.25, 0.3) is 5.91 Å². The third-order valence-corrected chi connectivity index (χ3v) is 3.32. The summed E-state index contributed by atoms with van der Waals surface area (Å²) in [5, 5.41) is 2.94. The molecule has 1 aromatic rings. The molecule has 2 rings (SSSR count). The van der Waals surface area contributed by atoms with Gasteiger partial charge in [0.2, 0.25) is 0 Å². The average Bonchev–Trinajstić information content (AvgIpc) is 2.45. The van der Waals surface area contributed by atoms with Crippen molar-refractivity contribution in [3.05, 3.63) is 23.8 Å². The van der Waals surface area contributed by atoms with Crippen LogP contribution in [0.4, 0.5) is 5.69 Å². The van der Waals surface area contributed by atoms with Crippen LogP contribution in [0.1, 0.15) is 23.2 Å². The van der Waals surface area contributed by atoms with Crippen molar-refractivity contribution >= 4 is 11.6 Å². The molecule has 1 amide bonds. The van der Waals surface area contributed by atoms with Crippen LogP contribution in [0.5, 0.6) is 5.75 Å². The molecular formula is C14H20N2O3. The Bertz CT molecular complexity index is 442. The van der Waals surface area contributed by atoms with Gasteiger partial charge in [-0.05, 0) is 30.9 Å². The molecule has 1 saturated heterocycles. The number of anilines is 1. The number of nitrogens with one attached hydrogen (secondary N) is 1. The number of ether oxygens (including phenoxy) is 2. The number of hydrogen-bond donors (Lipinski definition) is 2. The second kappa shape index (κ2) is 6.43. The fourth-order valence-electron chi connectivity index (χ4n) is 2.16. The lowest BCUT2D eigenvalue weighted by molar-refractivity contribution is 0.0642. The second-order valence-electron chi connectivity index (χ2n) is 4.76. The number of benzene rings is 1. The van der Waals surface area contributed by atoms with E-state index >= 15 is 0 Å². The first-order valence-corrected chi connectivity index (χ1v) is 6.49. The number of carbonyl (C=O) groups is 1. The zero-order valence-corrected chi connectivity index (χ0v) is 11.1. The summed E-state index contributed by atoms with van der Waals surface area (Å²) < 4.78 is 10.4. The highest BCUT2D eigenvalue weighted by Crippen LogP contribution is 2.19. The minimum atomic E-state index is -0.114. The van der Waals surface area contributed by atoms with Gasteiger partial charge < -0.3 is 20.5 Å². The van der Waals surface area contributed by atoms with Crippen LogP contribution in [0.3, 0.4) is 0 Å². The Morgan fingerprint density at radius 3 is 2.84 bits per heavy atom. The van der Waals surface area contributed by atoms with Gasteiger partial charge in [0.1, 0.15) is 5.75 Å². The highest BCUT2D eigenvalue weighted by atomic mass is 16.5. The molecule has 0 aromatic heterocycles. The molecule has 5 nitrogen and oxygen atoms in total. The summed E-state index contributed by atoms with van der Waals surface area (Å²) in [4.78, 5) is 12.1. The minimum Gasteiger partial charge on any atom is -0.497 e. The molecule has 0 saturated carbocycles. The summed E-state index contributed by atoms with van der Waals surface area (Å²) in [5.74, 6) is 0.981. The van der Waals surface area contributed by atoms with Gasteiger partial charge in [-0.15, -0.1) is 0 Å². The first kappa shape index (κ1) is 13.7. The van der Waals surface area contributed by atoms with Crippen LogP contribution in [-0.2, 0) is 4.74 Å². The lowest BCUT2D eigenvalue weighted by atomic mass is 10.0. The number of nitrogens with two attached hydrogens (primary N) is 1. The molecule has 0 spiro atoms. The Morgan fingerprint density at radius 1 is 1.42 bits per heavy atom. The van der Waals surface area contributed by atoms with E-state index in [1.165, 1.54) is 0 Å². The molecular weight excluding hydrogens is 244 g/mol. The van der Waals surface area contributed by atoms with E-state index in [1.54, 1.807) is 25.3 Å². The van der Waals surface area contributed by atoms with E-state index in [9.17, 15) is 4.79 Å². The summed E-state index contributed by atoms with van der Waals surface area (Å²) in [7, 11) is 1.55. The normalized spacial score (nSPS) is 16.1. The van der Waals surface area contributed by atoms with E-state index in [0.29, 0.717) is 29.5 Å². The van der Waals surface area contributed by atoms with Crippen molar-refractivity contribution in [1.82, 2.24) is 5.32 Å². The van der Waals surface area contributed by atoms with Crippen LogP contribution < -0.4 is 15.8 Å². The van der Waals surface area contributed by atoms with Crippen LogP contribution in [-0.4, -0.2) is 32.8 Å². The van der Waals surface area contributed by atoms with Crippen molar-refractivity contribution in [2.75, 3.05) is 32.6 Å². The van der Waals surface area contributed by atoms with Gasteiger partial charge in [-0.2, -0.15) is 0 Å². The van der Waals surface area contributed by atoms with E-state index < -0.39 is 0 Å². The fraction of sp³-hybridized carbons (Fsp3) is 0.500. The molecule has 0 atom stereocenters. The van der Waals surface area contributed by atoms with Crippen molar-refractivity contribution in [2.45, 2.75) is 12.8 Å². The first-order chi connectivity index (χ1) is 9.19. The van der Waals surface area contributed by atoms with E-state index in [-0.39, 0.29) is 5.91 Å². The van der Waals surface area contributed by atoms with Gasteiger partial charge in [0, 0.05) is 37.1 Å². The van der Waals surface area contributed by atoms with Gasteiger partial charge in [-0.25, -0.2) is 0 Å². The van der Waals surface area contributed by atoms with Crippen LogP contribution in [0, 0.1) is 5.92 Å². The molecule has 19 heavy (non-hydrogen) atoms. The zero-order chi connectivity index (χ0) is 13.7. The molecule has 0 radical (unpaired) electrons. The summed E-state index contributed by atoms with van der Waals surface area (Å²) >= 11 is 0. The maximum atomic E-state index is 12.1. The second-order valence-corrected chi connectivity index (χ2v) is 4.76. The molecule has 1 aliphatic rings. The van der Waals surface area contributed by atoms with Gasteiger partial charge in [0.15, 0.2) is 0 Å². The third-order valence-electron chi connectivity index (χ3n) is 3.32. The Hall–Kier alpha value is -1.75. The molecule has 1 aliphatic heterocycles. The lowest BCUT2D eigenvalue weighted by Crippen LogP contribution is -2.32. The number of methoxy groups -OCH3 is 1. The van der Waals surface area contributed by atoms with Gasteiger partial charge >= 0.3 is 0 Å². The Morgan fingerprint density at radius 2 is 2.16 bits per heavy atom. The molecule has 1 aromatic carbocycles.